The first-order valence-electron chi connectivity index (χ1n) is 9.28. The van der Waals surface area contributed by atoms with E-state index in [4.69, 9.17) is 0 Å². The molecule has 3 aromatic heterocycles. The molecule has 0 aliphatic carbocycles. The Labute approximate surface area is 171 Å². The predicted octanol–water partition coefficient (Wildman–Crippen LogP) is 3.35. The SMILES string of the molecule is Cc1nc(C(Cc2c[nH]c3ccccc23)NC(=O)c2sc(C)nc2C)cc(=O)[nH]1. The number of nitrogens with zero attached hydrogens (tertiary/aromatic N) is 2. The molecule has 3 N–H and O–H groups in total. The van der Waals surface area contributed by atoms with Gasteiger partial charge < -0.3 is 15.3 Å². The number of aromatic amines is 2. The van der Waals surface area contributed by atoms with Crippen molar-refractivity contribution in [3.8, 4) is 0 Å². The summed E-state index contributed by atoms with van der Waals surface area (Å²) in [5, 5.41) is 4.98. The zero-order valence-electron chi connectivity index (χ0n) is 16.4. The highest BCUT2D eigenvalue weighted by atomic mass is 32.1. The minimum absolute atomic E-state index is 0.210. The number of hydrogen-bond acceptors (Lipinski definition) is 5. The van der Waals surface area contributed by atoms with Crippen molar-refractivity contribution in [2.24, 2.45) is 0 Å². The zero-order chi connectivity index (χ0) is 20.5. The third-order valence-electron chi connectivity index (χ3n) is 4.75. The molecule has 1 aromatic carbocycles. The number of carbonyl (C=O) groups is 1. The van der Waals surface area contributed by atoms with E-state index in [0.29, 0.717) is 28.5 Å². The average Bonchev–Trinajstić information content (AvgIpc) is 3.23. The van der Waals surface area contributed by atoms with Crippen molar-refractivity contribution < 1.29 is 4.79 Å². The molecule has 8 heteroatoms. The molecule has 0 bridgehead atoms. The second kappa shape index (κ2) is 7.63. The van der Waals surface area contributed by atoms with Crippen LogP contribution in [0.1, 0.15) is 43.5 Å². The third-order valence-corrected chi connectivity index (χ3v) is 5.82. The molecule has 1 unspecified atom stereocenters. The maximum Gasteiger partial charge on any atom is 0.263 e. The standard InChI is InChI=1S/C21H21N5O2S/c1-11-20(29-13(3)23-11)21(28)26-17(18-9-19(27)25-12(2)24-18)8-14-10-22-16-7-5-4-6-15(14)16/h4-7,9-10,17,22H,8H2,1-3H3,(H,26,28)(H,24,25,27). The summed E-state index contributed by atoms with van der Waals surface area (Å²) in [4.78, 5) is 40.3. The van der Waals surface area contributed by atoms with E-state index >= 15 is 0 Å². The van der Waals surface area contributed by atoms with Crippen molar-refractivity contribution in [2.75, 3.05) is 0 Å². The number of fused-ring (bicyclic) bond motifs is 1. The first kappa shape index (κ1) is 19.1. The van der Waals surface area contributed by atoms with Gasteiger partial charge in [-0.05, 0) is 32.4 Å². The summed E-state index contributed by atoms with van der Waals surface area (Å²) in [7, 11) is 0. The maximum absolute atomic E-state index is 13.0. The lowest BCUT2D eigenvalue weighted by molar-refractivity contribution is 0.0939. The van der Waals surface area contributed by atoms with E-state index in [0.717, 1.165) is 21.5 Å². The molecule has 4 aromatic rings. The lowest BCUT2D eigenvalue weighted by Gasteiger charge is -2.18. The Balaban J connectivity index is 1.71. The summed E-state index contributed by atoms with van der Waals surface area (Å²) in [5.74, 6) is 0.299. The molecule has 4 rings (SSSR count). The largest absolute Gasteiger partial charge is 0.361 e. The van der Waals surface area contributed by atoms with Crippen molar-refractivity contribution in [1.29, 1.82) is 0 Å². The number of H-pyrrole nitrogens is 2. The Kier molecular flexibility index (Phi) is 5.02. The quantitative estimate of drug-likeness (QED) is 0.472. The molecule has 0 aliphatic heterocycles. The van der Waals surface area contributed by atoms with Crippen molar-refractivity contribution in [3.05, 3.63) is 79.5 Å². The van der Waals surface area contributed by atoms with E-state index in [1.807, 2.05) is 44.3 Å². The number of benzene rings is 1. The van der Waals surface area contributed by atoms with Crippen LogP contribution >= 0.6 is 11.3 Å². The second-order valence-electron chi connectivity index (χ2n) is 6.99. The number of amides is 1. The minimum Gasteiger partial charge on any atom is -0.361 e. The molecule has 0 saturated carbocycles. The number of hydrogen-bond donors (Lipinski definition) is 3. The summed E-state index contributed by atoms with van der Waals surface area (Å²) in [5.41, 5.74) is 3.06. The van der Waals surface area contributed by atoms with Gasteiger partial charge in [0.2, 0.25) is 0 Å². The molecule has 1 atom stereocenters. The molecule has 0 saturated heterocycles. The summed E-state index contributed by atoms with van der Waals surface area (Å²) in [6.45, 7) is 5.43. The summed E-state index contributed by atoms with van der Waals surface area (Å²) < 4.78 is 0. The van der Waals surface area contributed by atoms with Crippen LogP contribution < -0.4 is 10.9 Å². The van der Waals surface area contributed by atoms with Gasteiger partial charge in [0.05, 0.1) is 22.4 Å². The molecule has 29 heavy (non-hydrogen) atoms. The minimum atomic E-state index is -0.454. The molecule has 0 fully saturated rings. The van der Waals surface area contributed by atoms with Gasteiger partial charge in [-0.1, -0.05) is 18.2 Å². The van der Waals surface area contributed by atoms with Crippen molar-refractivity contribution in [2.45, 2.75) is 33.2 Å². The number of aromatic nitrogens is 4. The van der Waals surface area contributed by atoms with Crippen LogP contribution in [0.4, 0.5) is 0 Å². The normalized spacial score (nSPS) is 12.2. The van der Waals surface area contributed by atoms with Crippen LogP contribution in [0.15, 0.2) is 41.3 Å². The van der Waals surface area contributed by atoms with E-state index in [1.54, 1.807) is 6.92 Å². The smallest absolute Gasteiger partial charge is 0.263 e. The second-order valence-corrected chi connectivity index (χ2v) is 8.20. The third kappa shape index (κ3) is 3.97. The number of thiazole rings is 1. The van der Waals surface area contributed by atoms with E-state index < -0.39 is 6.04 Å². The molecule has 148 valence electrons. The monoisotopic (exact) mass is 407 g/mol. The van der Waals surface area contributed by atoms with Crippen molar-refractivity contribution in [1.82, 2.24) is 25.3 Å². The highest BCUT2D eigenvalue weighted by molar-refractivity contribution is 7.13. The molecule has 0 spiro atoms. The van der Waals surface area contributed by atoms with Gasteiger partial charge in [-0.2, -0.15) is 0 Å². The fourth-order valence-electron chi connectivity index (χ4n) is 3.50. The lowest BCUT2D eigenvalue weighted by Crippen LogP contribution is -2.31. The highest BCUT2D eigenvalue weighted by Gasteiger charge is 2.22. The molecule has 7 nitrogen and oxygen atoms in total. The van der Waals surface area contributed by atoms with Crippen molar-refractivity contribution >= 4 is 28.1 Å². The number of para-hydroxylation sites is 1. The van der Waals surface area contributed by atoms with Crippen LogP contribution in [-0.4, -0.2) is 25.8 Å². The molecular weight excluding hydrogens is 386 g/mol. The Hall–Kier alpha value is -3.26. The molecule has 0 radical (unpaired) electrons. The number of nitrogens with one attached hydrogen (secondary N) is 3. The average molecular weight is 407 g/mol. The first-order valence-corrected chi connectivity index (χ1v) is 10.1. The summed E-state index contributed by atoms with van der Waals surface area (Å²) >= 11 is 1.36. The molecular formula is C21H21N5O2S. The summed E-state index contributed by atoms with van der Waals surface area (Å²) in [6.07, 6.45) is 2.44. The Morgan fingerprint density at radius 2 is 2.00 bits per heavy atom. The predicted molar refractivity (Wildman–Crippen MR) is 113 cm³/mol. The van der Waals surface area contributed by atoms with E-state index in [2.05, 4.69) is 25.3 Å². The van der Waals surface area contributed by atoms with E-state index in [-0.39, 0.29) is 11.5 Å². The van der Waals surface area contributed by atoms with Gasteiger partial charge in [0.1, 0.15) is 10.7 Å². The number of aryl methyl sites for hydroxylation is 3. The van der Waals surface area contributed by atoms with Gasteiger partial charge in [-0.25, -0.2) is 9.97 Å². The Morgan fingerprint density at radius 3 is 2.72 bits per heavy atom. The number of carbonyl (C=O) groups excluding carboxylic acids is 1. The fourth-order valence-corrected chi connectivity index (χ4v) is 4.32. The summed E-state index contributed by atoms with van der Waals surface area (Å²) in [6, 6.07) is 8.98. The molecule has 3 heterocycles. The Morgan fingerprint density at radius 1 is 1.21 bits per heavy atom. The maximum atomic E-state index is 13.0. The van der Waals surface area contributed by atoms with Gasteiger partial charge >= 0.3 is 0 Å². The van der Waals surface area contributed by atoms with Gasteiger partial charge in [0.25, 0.3) is 11.5 Å². The molecule has 0 aliphatic rings. The van der Waals surface area contributed by atoms with Crippen molar-refractivity contribution in [3.63, 3.8) is 0 Å². The topological polar surface area (TPSA) is 104 Å². The van der Waals surface area contributed by atoms with Crippen LogP contribution in [0.25, 0.3) is 10.9 Å². The highest BCUT2D eigenvalue weighted by Crippen LogP contribution is 2.25. The molecule has 1 amide bonds. The van der Waals surface area contributed by atoms with Crippen LogP contribution in [0.2, 0.25) is 0 Å². The van der Waals surface area contributed by atoms with Gasteiger partial charge in [0.15, 0.2) is 0 Å². The van der Waals surface area contributed by atoms with Crippen LogP contribution in [0.5, 0.6) is 0 Å². The van der Waals surface area contributed by atoms with Crippen LogP contribution in [0, 0.1) is 20.8 Å². The van der Waals surface area contributed by atoms with E-state index in [9.17, 15) is 9.59 Å². The first-order chi connectivity index (χ1) is 13.9. The van der Waals surface area contributed by atoms with Gasteiger partial charge in [-0.15, -0.1) is 11.3 Å². The lowest BCUT2D eigenvalue weighted by atomic mass is 10.0. The van der Waals surface area contributed by atoms with Crippen LogP contribution in [-0.2, 0) is 6.42 Å². The van der Waals surface area contributed by atoms with Gasteiger partial charge in [0, 0.05) is 29.6 Å². The fraction of sp³-hybridized carbons (Fsp3) is 0.238. The number of rotatable bonds is 5. The Bertz CT molecular complexity index is 1250. The zero-order valence-corrected chi connectivity index (χ0v) is 17.2. The van der Waals surface area contributed by atoms with Gasteiger partial charge in [-0.3, -0.25) is 9.59 Å². The van der Waals surface area contributed by atoms with Crippen LogP contribution in [0.3, 0.4) is 0 Å². The van der Waals surface area contributed by atoms with E-state index in [1.165, 1.54) is 17.4 Å².